The van der Waals surface area contributed by atoms with Crippen LogP contribution in [0.2, 0.25) is 0 Å². The van der Waals surface area contributed by atoms with E-state index in [1.165, 1.54) is 14.2 Å². The molecule has 0 aliphatic heterocycles. The van der Waals surface area contributed by atoms with Crippen LogP contribution in [0.3, 0.4) is 0 Å². The van der Waals surface area contributed by atoms with E-state index in [1.807, 2.05) is 0 Å². The van der Waals surface area contributed by atoms with Gasteiger partial charge in [-0.15, -0.1) is 4.40 Å². The lowest BCUT2D eigenvalue weighted by Crippen LogP contribution is -2.19. The van der Waals surface area contributed by atoms with Crippen molar-refractivity contribution in [3.05, 3.63) is 58.6 Å². The molecule has 3 rings (SSSR count). The summed E-state index contributed by atoms with van der Waals surface area (Å²) < 4.78 is 54.5. The molecule has 0 amide bonds. The minimum absolute atomic E-state index is 0.111. The highest BCUT2D eigenvalue weighted by Gasteiger charge is 2.16. The third kappa shape index (κ3) is 4.13. The van der Waals surface area contributed by atoms with Gasteiger partial charge in [-0.05, 0) is 42.5 Å². The quantitative estimate of drug-likeness (QED) is 0.568. The molecule has 28 heavy (non-hydrogen) atoms. The summed E-state index contributed by atoms with van der Waals surface area (Å²) in [6.07, 6.45) is 0. The molecule has 0 aliphatic rings. The molecule has 0 N–H and O–H groups in total. The van der Waals surface area contributed by atoms with Crippen LogP contribution >= 0.6 is 11.3 Å². The van der Waals surface area contributed by atoms with Gasteiger partial charge in [-0.2, -0.15) is 8.42 Å². The molecule has 0 aliphatic carbocycles. The first-order chi connectivity index (χ1) is 13.4. The number of rotatable bonds is 6. The first kappa shape index (κ1) is 20.2. The van der Waals surface area contributed by atoms with Crippen molar-refractivity contribution in [3.63, 3.8) is 0 Å². The van der Waals surface area contributed by atoms with Crippen LogP contribution < -0.4 is 4.80 Å². The molecule has 10 heteroatoms. The van der Waals surface area contributed by atoms with Gasteiger partial charge in [0.25, 0.3) is 10.0 Å². The Labute approximate surface area is 164 Å². The number of fused-ring (bicyclic) bond motifs is 1. The van der Waals surface area contributed by atoms with Gasteiger partial charge in [-0.25, -0.2) is 9.18 Å². The highest BCUT2D eigenvalue weighted by atomic mass is 32.2. The number of sulfonamides is 1. The monoisotopic (exact) mass is 424 g/mol. The molecule has 7 nitrogen and oxygen atoms in total. The van der Waals surface area contributed by atoms with Gasteiger partial charge in [-0.3, -0.25) is 0 Å². The van der Waals surface area contributed by atoms with Gasteiger partial charge >= 0.3 is 5.97 Å². The largest absolute Gasteiger partial charge is 0.465 e. The van der Waals surface area contributed by atoms with Crippen LogP contribution in [0.25, 0.3) is 10.2 Å². The van der Waals surface area contributed by atoms with E-state index in [1.54, 1.807) is 22.8 Å². The van der Waals surface area contributed by atoms with Crippen molar-refractivity contribution in [1.82, 2.24) is 4.57 Å². The summed E-state index contributed by atoms with van der Waals surface area (Å²) in [6.45, 7) is 0.709. The topological polar surface area (TPSA) is 87.0 Å². The number of ether oxygens (including phenoxy) is 2. The van der Waals surface area contributed by atoms with E-state index in [0.717, 1.165) is 35.6 Å². The maximum atomic E-state index is 13.1. The second kappa shape index (κ2) is 8.21. The average Bonchev–Trinajstić information content (AvgIpc) is 3.01. The smallest absolute Gasteiger partial charge is 0.337 e. The van der Waals surface area contributed by atoms with Gasteiger partial charge < -0.3 is 14.0 Å². The lowest BCUT2D eigenvalue weighted by atomic mass is 10.2. The zero-order valence-electron chi connectivity index (χ0n) is 15.1. The number of aromatic nitrogens is 1. The van der Waals surface area contributed by atoms with Crippen molar-refractivity contribution in [1.29, 1.82) is 0 Å². The van der Waals surface area contributed by atoms with Crippen molar-refractivity contribution < 1.29 is 27.1 Å². The summed E-state index contributed by atoms with van der Waals surface area (Å²) in [5, 5.41) is 0. The Kier molecular flexibility index (Phi) is 5.92. The summed E-state index contributed by atoms with van der Waals surface area (Å²) in [6, 6.07) is 9.38. The number of hydrogen-bond donors (Lipinski definition) is 0. The lowest BCUT2D eigenvalue weighted by Gasteiger charge is -2.05. The first-order valence-corrected chi connectivity index (χ1v) is 10.4. The molecule has 2 aromatic carbocycles. The van der Waals surface area contributed by atoms with Gasteiger partial charge in [0.2, 0.25) is 4.80 Å². The van der Waals surface area contributed by atoms with Crippen molar-refractivity contribution >= 4 is 37.5 Å². The van der Waals surface area contributed by atoms with Crippen LogP contribution in [-0.2, 0) is 26.0 Å². The molecule has 0 saturated carbocycles. The molecule has 0 spiro atoms. The molecule has 0 saturated heterocycles. The molecular formula is C18H17FN2O5S2. The normalized spacial score (nSPS) is 12.5. The summed E-state index contributed by atoms with van der Waals surface area (Å²) in [5.74, 6) is -1.03. The Hall–Kier alpha value is -2.56. The van der Waals surface area contributed by atoms with Gasteiger partial charge in [-0.1, -0.05) is 11.3 Å². The summed E-state index contributed by atoms with van der Waals surface area (Å²) in [5.41, 5.74) is 1.06. The number of benzene rings is 2. The standard InChI is InChI=1S/C18H17FN2O5S2/c1-25-10-9-21-15-8-3-12(17(22)26-2)11-16(15)27-18(21)20-28(23,24)14-6-4-13(19)5-7-14/h3-8,11H,9-10H2,1-2H3/b20-18-. The van der Waals surface area contributed by atoms with Crippen molar-refractivity contribution in [2.45, 2.75) is 11.4 Å². The Balaban J connectivity index is 2.18. The molecular weight excluding hydrogens is 407 g/mol. The zero-order valence-corrected chi connectivity index (χ0v) is 16.7. The molecule has 3 aromatic rings. The van der Waals surface area contributed by atoms with Crippen LogP contribution in [-0.4, -0.2) is 39.8 Å². The average molecular weight is 424 g/mol. The van der Waals surface area contributed by atoms with Crippen LogP contribution in [0.5, 0.6) is 0 Å². The van der Waals surface area contributed by atoms with Crippen LogP contribution in [0, 0.1) is 5.82 Å². The van der Waals surface area contributed by atoms with Crippen LogP contribution in [0.1, 0.15) is 10.4 Å². The van der Waals surface area contributed by atoms with Gasteiger partial charge in [0.15, 0.2) is 0 Å². The second-order valence-electron chi connectivity index (χ2n) is 5.72. The van der Waals surface area contributed by atoms with Gasteiger partial charge in [0.05, 0.1) is 34.4 Å². The molecule has 148 valence electrons. The Morgan fingerprint density at radius 1 is 1.18 bits per heavy atom. The molecule has 0 radical (unpaired) electrons. The fraction of sp³-hybridized carbons (Fsp3) is 0.222. The van der Waals surface area contributed by atoms with Crippen molar-refractivity contribution in [2.75, 3.05) is 20.8 Å². The number of carbonyl (C=O) groups excluding carboxylic acids is 1. The Morgan fingerprint density at radius 3 is 2.54 bits per heavy atom. The predicted octanol–water partition coefficient (Wildman–Crippen LogP) is 2.56. The van der Waals surface area contributed by atoms with E-state index in [4.69, 9.17) is 9.47 Å². The summed E-state index contributed by atoms with van der Waals surface area (Å²) in [4.78, 5) is 11.9. The number of esters is 1. The van der Waals surface area contributed by atoms with Gasteiger partial charge in [0.1, 0.15) is 5.82 Å². The fourth-order valence-corrected chi connectivity index (χ4v) is 4.85. The lowest BCUT2D eigenvalue weighted by molar-refractivity contribution is 0.0601. The Morgan fingerprint density at radius 2 is 1.89 bits per heavy atom. The number of methoxy groups -OCH3 is 2. The second-order valence-corrected chi connectivity index (χ2v) is 8.34. The van der Waals surface area contributed by atoms with Crippen molar-refractivity contribution in [2.24, 2.45) is 4.40 Å². The van der Waals surface area contributed by atoms with Gasteiger partial charge in [0, 0.05) is 13.7 Å². The molecule has 1 heterocycles. The van der Waals surface area contributed by atoms with E-state index in [9.17, 15) is 17.6 Å². The predicted molar refractivity (Wildman–Crippen MR) is 102 cm³/mol. The minimum Gasteiger partial charge on any atom is -0.465 e. The molecule has 0 bridgehead atoms. The SMILES string of the molecule is COCCn1/c(=N/S(=O)(=O)c2ccc(F)cc2)sc2cc(C(=O)OC)ccc21. The third-order valence-electron chi connectivity index (χ3n) is 3.93. The number of halogens is 1. The highest BCUT2D eigenvalue weighted by Crippen LogP contribution is 2.21. The van der Waals surface area contributed by atoms with Crippen LogP contribution in [0.4, 0.5) is 4.39 Å². The van der Waals surface area contributed by atoms with Crippen molar-refractivity contribution in [3.8, 4) is 0 Å². The summed E-state index contributed by atoms with van der Waals surface area (Å²) >= 11 is 1.12. The third-order valence-corrected chi connectivity index (χ3v) is 6.37. The first-order valence-electron chi connectivity index (χ1n) is 8.13. The fourth-order valence-electron chi connectivity index (χ4n) is 2.55. The number of nitrogens with zero attached hydrogens (tertiary/aromatic N) is 2. The van der Waals surface area contributed by atoms with Crippen LogP contribution in [0.15, 0.2) is 51.8 Å². The number of hydrogen-bond acceptors (Lipinski definition) is 6. The molecule has 0 unspecified atom stereocenters. The van der Waals surface area contributed by atoms with E-state index >= 15 is 0 Å². The molecule has 0 fully saturated rings. The Bertz CT molecular complexity index is 1180. The minimum atomic E-state index is -4.04. The molecule has 1 aromatic heterocycles. The van der Waals surface area contributed by atoms with E-state index in [0.29, 0.717) is 28.9 Å². The maximum absolute atomic E-state index is 13.1. The highest BCUT2D eigenvalue weighted by molar-refractivity contribution is 7.90. The zero-order chi connectivity index (χ0) is 20.3. The summed E-state index contributed by atoms with van der Waals surface area (Å²) in [7, 11) is -1.22. The maximum Gasteiger partial charge on any atom is 0.337 e. The van der Waals surface area contributed by atoms with E-state index < -0.39 is 21.8 Å². The van der Waals surface area contributed by atoms with E-state index in [2.05, 4.69) is 4.40 Å². The van der Waals surface area contributed by atoms with E-state index in [-0.39, 0.29) is 9.70 Å². The number of carbonyl (C=O) groups is 1. The number of thiazole rings is 1. The molecule has 0 atom stereocenters.